The molecule has 3 aliphatic heterocycles. The van der Waals surface area contributed by atoms with Crippen LogP contribution < -0.4 is 14.9 Å². The molecule has 0 bridgehead atoms. The summed E-state index contributed by atoms with van der Waals surface area (Å²) in [6, 6.07) is 144. The maximum Gasteiger partial charge on any atom is 0.498 e. The molecule has 1 saturated heterocycles. The molecule has 0 amide bonds. The van der Waals surface area contributed by atoms with Crippen LogP contribution in [-0.2, 0) is 20.1 Å². The average Bonchev–Trinajstić information content (AvgIpc) is 1.49. The molecule has 0 unspecified atom stereocenters. The Morgan fingerprint density at radius 2 is 0.562 bits per heavy atom. The molecule has 10 nitrogen and oxygen atoms in total. The SMILES string of the molecule is CC1(C)OB(c2cccc3c2Oc2c(-c4cccc(-c5nccc6ccccc56)c4)cccc2C32c3ccccc3-c3ccccc32)OC1(C)C.Clc1cc(-c2ccccc2)nc(-c2ccccc2)n1.c1ccc(-c2cc(-c3cccc4c3Oc3c(-c5cccc(-c6nccc7ccccc67)c5)cccc3C43c4ccccc4-c4ccccc43)nc(-c3ccccc3)n2)cc1. The molecule has 20 aromatic rings. The van der Waals surface area contributed by atoms with Crippen LogP contribution in [0.4, 0.5) is 0 Å². The molecule has 12 heteroatoms. The summed E-state index contributed by atoms with van der Waals surface area (Å²) in [4.78, 5) is 29.1. The van der Waals surface area contributed by atoms with Crippen molar-refractivity contribution in [2.75, 3.05) is 0 Å². The molecule has 0 N–H and O–H groups in total. The molecule has 5 aliphatic rings. The Morgan fingerprint density at radius 3 is 1.02 bits per heavy atom. The monoisotopic (exact) mass is 1690 g/mol. The topological polar surface area (TPSA) is 114 Å². The van der Waals surface area contributed by atoms with Crippen LogP contribution in [0, 0.1) is 0 Å². The highest BCUT2D eigenvalue weighted by Gasteiger charge is 2.57. The van der Waals surface area contributed by atoms with Crippen molar-refractivity contribution in [2.24, 2.45) is 0 Å². The van der Waals surface area contributed by atoms with E-state index in [1.807, 2.05) is 97.3 Å². The van der Waals surface area contributed by atoms with Gasteiger partial charge in [0, 0.05) is 107 Å². The number of pyridine rings is 2. The van der Waals surface area contributed by atoms with Crippen molar-refractivity contribution in [2.45, 2.75) is 49.7 Å². The van der Waals surface area contributed by atoms with Gasteiger partial charge in [-0.15, -0.1) is 0 Å². The number of benzene rings is 16. The van der Waals surface area contributed by atoms with Gasteiger partial charge in [-0.3, -0.25) is 9.97 Å². The molecule has 16 aromatic carbocycles. The van der Waals surface area contributed by atoms with E-state index in [0.29, 0.717) is 16.8 Å². The predicted molar refractivity (Wildman–Crippen MR) is 526 cm³/mol. The number of rotatable bonds is 10. The quantitative estimate of drug-likeness (QED) is 0.0968. The third-order valence-electron chi connectivity index (χ3n) is 26.7. The number of fused-ring (bicyclic) bond motifs is 20. The van der Waals surface area contributed by atoms with E-state index >= 15 is 0 Å². The van der Waals surface area contributed by atoms with Gasteiger partial charge in [0.2, 0.25) is 0 Å². The fraction of sp³-hybridized carbons (Fsp3) is 0.0678. The predicted octanol–water partition coefficient (Wildman–Crippen LogP) is 28.6. The van der Waals surface area contributed by atoms with Crippen molar-refractivity contribution >= 4 is 45.7 Å². The highest BCUT2D eigenvalue weighted by molar-refractivity contribution is 6.63. The molecular weight excluding hydrogens is 1610 g/mol. The minimum Gasteiger partial charge on any atom is -0.456 e. The van der Waals surface area contributed by atoms with E-state index in [0.717, 1.165) is 157 Å². The molecule has 130 heavy (non-hydrogen) atoms. The zero-order valence-electron chi connectivity index (χ0n) is 71.7. The first-order chi connectivity index (χ1) is 63.9. The van der Waals surface area contributed by atoms with Crippen molar-refractivity contribution in [1.82, 2.24) is 29.9 Å². The van der Waals surface area contributed by atoms with Gasteiger partial charge >= 0.3 is 7.12 Å². The Balaban J connectivity index is 0.000000124. The van der Waals surface area contributed by atoms with Crippen LogP contribution in [0.3, 0.4) is 0 Å². The van der Waals surface area contributed by atoms with Crippen LogP contribution in [-0.4, -0.2) is 48.2 Å². The molecule has 0 radical (unpaired) electrons. The van der Waals surface area contributed by atoms with Crippen molar-refractivity contribution in [3.8, 4) is 147 Å². The van der Waals surface area contributed by atoms with Crippen molar-refractivity contribution < 1.29 is 18.8 Å². The van der Waals surface area contributed by atoms with E-state index < -0.39 is 29.2 Å². The van der Waals surface area contributed by atoms with E-state index in [2.05, 4.69) is 359 Å². The summed E-state index contributed by atoms with van der Waals surface area (Å²) in [6.45, 7) is 8.39. The molecule has 0 atom stereocenters. The standard InChI is InChI=1S/C56H35N3O.C46H36BNO3.C16H11ClN2/c1-3-17-37(18-4-1)50-35-51(59-55(58-50)38-19-5-2-6-20-38)45-27-15-31-49-54(45)60-53-42(39-21-13-22-40(34-39)52-41-23-8-7-16-36(41)32-33-57-52)26-14-30-48(53)56(49)46-28-11-9-24-43(46)44-25-10-12-29-47(44)56;1-44(2)45(3,4)51-47(50-44)40-25-13-24-39-43(40)49-42-33(30-15-11-16-31(28-30)41-32-17-6-5-14-29(32)26-27-48-41)20-12-23-38(42)46(39)36-21-9-7-18-34(36)35-19-8-10-22-37(35)46;17-15-11-14(12-7-3-1-4-8-12)18-16(19-15)13-9-5-2-6-10-13/h1-35H;5-28H,1-4H3;1-11H. The van der Waals surface area contributed by atoms with Gasteiger partial charge in [-0.25, -0.2) is 19.9 Å². The number of hydrogen-bond acceptors (Lipinski definition) is 10. The van der Waals surface area contributed by atoms with Crippen LogP contribution in [0.1, 0.15) is 72.2 Å². The summed E-state index contributed by atoms with van der Waals surface area (Å²) < 4.78 is 28.2. The smallest absolute Gasteiger partial charge is 0.456 e. The fourth-order valence-corrected chi connectivity index (χ4v) is 20.2. The van der Waals surface area contributed by atoms with Gasteiger partial charge in [-0.1, -0.05) is 382 Å². The number of halogens is 1. The van der Waals surface area contributed by atoms with E-state index in [1.54, 1.807) is 6.07 Å². The lowest BCUT2D eigenvalue weighted by atomic mass is 9.63. The summed E-state index contributed by atoms with van der Waals surface area (Å²) in [5.41, 5.74) is 28.4. The highest BCUT2D eigenvalue weighted by Crippen LogP contribution is 2.66. The largest absolute Gasteiger partial charge is 0.498 e. The first kappa shape index (κ1) is 79.0. The van der Waals surface area contributed by atoms with Gasteiger partial charge in [0.15, 0.2) is 11.6 Å². The summed E-state index contributed by atoms with van der Waals surface area (Å²) in [5.74, 6) is 4.54. The zero-order valence-corrected chi connectivity index (χ0v) is 72.4. The third kappa shape index (κ3) is 13.2. The Bertz CT molecular complexity index is 7630. The molecule has 2 aliphatic carbocycles. The first-order valence-electron chi connectivity index (χ1n) is 44.1. The number of ether oxygens (including phenoxy) is 2. The van der Waals surface area contributed by atoms with E-state index in [-0.39, 0.29) is 0 Å². The fourth-order valence-electron chi connectivity index (χ4n) is 20.0. The second-order valence-electron chi connectivity index (χ2n) is 34.5. The minimum absolute atomic E-state index is 0.452. The maximum atomic E-state index is 7.50. The van der Waals surface area contributed by atoms with Crippen LogP contribution in [0.15, 0.2) is 425 Å². The normalized spacial score (nSPS) is 14.2. The summed E-state index contributed by atoms with van der Waals surface area (Å²) >= 11 is 6.10. The summed E-state index contributed by atoms with van der Waals surface area (Å²) in [6.07, 6.45) is 3.79. The Labute approximate surface area is 760 Å². The molecule has 7 heterocycles. The van der Waals surface area contributed by atoms with Crippen molar-refractivity contribution in [1.29, 1.82) is 0 Å². The molecular formula is C118H82BClN6O4. The number of nitrogens with zero attached hydrogens (tertiary/aromatic N) is 6. The van der Waals surface area contributed by atoms with Gasteiger partial charge in [-0.2, -0.15) is 0 Å². The van der Waals surface area contributed by atoms with Gasteiger partial charge in [0.1, 0.15) is 28.2 Å². The molecule has 2 spiro atoms. The first-order valence-corrected chi connectivity index (χ1v) is 44.4. The van der Waals surface area contributed by atoms with Gasteiger partial charge in [0.25, 0.3) is 0 Å². The summed E-state index contributed by atoms with van der Waals surface area (Å²) in [7, 11) is -0.594. The summed E-state index contributed by atoms with van der Waals surface area (Å²) in [5, 5.41) is 5.03. The minimum atomic E-state index is -0.672. The van der Waals surface area contributed by atoms with Crippen LogP contribution in [0.5, 0.6) is 23.0 Å². The lowest BCUT2D eigenvalue weighted by Crippen LogP contribution is -2.41. The molecule has 1 fully saturated rings. The lowest BCUT2D eigenvalue weighted by molar-refractivity contribution is 0.00578. The van der Waals surface area contributed by atoms with E-state index in [4.69, 9.17) is 50.3 Å². The van der Waals surface area contributed by atoms with E-state index in [1.165, 1.54) is 49.9 Å². The van der Waals surface area contributed by atoms with Gasteiger partial charge in [-0.05, 0) is 131 Å². The number of aromatic nitrogens is 6. The average molecular weight is 1690 g/mol. The van der Waals surface area contributed by atoms with Gasteiger partial charge < -0.3 is 18.8 Å². The van der Waals surface area contributed by atoms with Crippen molar-refractivity contribution in [3.63, 3.8) is 0 Å². The zero-order chi connectivity index (χ0) is 87.2. The Kier molecular flexibility index (Phi) is 19.5. The van der Waals surface area contributed by atoms with Gasteiger partial charge in [0.05, 0.1) is 50.5 Å². The molecule has 618 valence electrons. The Hall–Kier alpha value is -15.6. The molecule has 4 aromatic heterocycles. The van der Waals surface area contributed by atoms with Crippen molar-refractivity contribution in [3.05, 3.63) is 475 Å². The third-order valence-corrected chi connectivity index (χ3v) is 26.9. The highest BCUT2D eigenvalue weighted by atomic mass is 35.5. The van der Waals surface area contributed by atoms with E-state index in [9.17, 15) is 0 Å². The maximum absolute atomic E-state index is 7.50. The molecule has 0 saturated carbocycles. The second-order valence-corrected chi connectivity index (χ2v) is 34.9. The second kappa shape index (κ2) is 32.0. The van der Waals surface area contributed by atoms with Crippen LogP contribution in [0.25, 0.3) is 145 Å². The number of hydrogen-bond donors (Lipinski definition) is 0. The van der Waals surface area contributed by atoms with Crippen LogP contribution >= 0.6 is 11.6 Å². The van der Waals surface area contributed by atoms with Crippen LogP contribution in [0.2, 0.25) is 5.15 Å². The lowest BCUT2D eigenvalue weighted by Gasteiger charge is -2.41. The Morgan fingerprint density at radius 1 is 0.246 bits per heavy atom. The number of para-hydroxylation sites is 4. The molecule has 25 rings (SSSR count).